The molecule has 0 aromatic heterocycles. The third-order valence-corrected chi connectivity index (χ3v) is 2.49. The van der Waals surface area contributed by atoms with Gasteiger partial charge in [0.2, 0.25) is 0 Å². The zero-order chi connectivity index (χ0) is 10.1. The molecule has 0 radical (unpaired) electrons. The highest BCUT2D eigenvalue weighted by Gasteiger charge is 1.97. The van der Waals surface area contributed by atoms with Crippen LogP contribution in [0.15, 0.2) is 0 Å². The molecular weight excluding hydrogens is 158 g/mol. The molecule has 0 aliphatic rings. The van der Waals surface area contributed by atoms with Crippen molar-refractivity contribution in [3.05, 3.63) is 0 Å². The molecule has 0 atom stereocenters. The van der Waals surface area contributed by atoms with Crippen LogP contribution >= 0.6 is 0 Å². The number of nitrogens with zero attached hydrogens (tertiary/aromatic N) is 1. The lowest BCUT2D eigenvalue weighted by Gasteiger charge is -2.13. The molecule has 0 heterocycles. The first-order chi connectivity index (χ1) is 6.28. The molecule has 0 saturated heterocycles. The largest absolute Gasteiger partial charge is 0.293 e. The Kier molecular flexibility index (Phi) is 7.83. The number of hydrogen-bond donors (Lipinski definition) is 0. The van der Waals surface area contributed by atoms with Crippen molar-refractivity contribution in [2.75, 3.05) is 19.6 Å². The zero-order valence-electron chi connectivity index (χ0n) is 9.56. The molecule has 0 bridgehead atoms. The van der Waals surface area contributed by atoms with Gasteiger partial charge < -0.3 is 0 Å². The number of hydrogen-bond acceptors (Lipinski definition) is 1. The molecule has 0 N–H and O–H groups in total. The molecule has 0 spiro atoms. The van der Waals surface area contributed by atoms with E-state index in [-0.39, 0.29) is 0 Å². The molecule has 0 fully saturated rings. The molecule has 76 valence electrons. The summed E-state index contributed by atoms with van der Waals surface area (Å²) < 4.78 is 0. The van der Waals surface area contributed by atoms with Crippen LogP contribution < -0.4 is 0 Å². The maximum absolute atomic E-state index is 3.33. The van der Waals surface area contributed by atoms with Crippen molar-refractivity contribution in [2.24, 2.45) is 5.92 Å². The topological polar surface area (TPSA) is 3.24 Å². The van der Waals surface area contributed by atoms with E-state index in [1.807, 2.05) is 0 Å². The van der Waals surface area contributed by atoms with Crippen molar-refractivity contribution >= 4 is 0 Å². The Bertz CT molecular complexity index is 156. The van der Waals surface area contributed by atoms with Crippen LogP contribution in [0.5, 0.6) is 0 Å². The molecule has 0 amide bonds. The lowest BCUT2D eigenvalue weighted by Crippen LogP contribution is -2.23. The lowest BCUT2D eigenvalue weighted by molar-refractivity contribution is 0.342. The summed E-state index contributed by atoms with van der Waals surface area (Å²) in [5.41, 5.74) is 0. The quantitative estimate of drug-likeness (QED) is 0.589. The van der Waals surface area contributed by atoms with E-state index in [1.165, 1.54) is 12.8 Å². The smallest absolute Gasteiger partial charge is 0.0601 e. The lowest BCUT2D eigenvalue weighted by atomic mass is 10.1. The van der Waals surface area contributed by atoms with E-state index in [2.05, 4.69) is 44.4 Å². The van der Waals surface area contributed by atoms with Gasteiger partial charge >= 0.3 is 0 Å². The van der Waals surface area contributed by atoms with E-state index in [9.17, 15) is 0 Å². The van der Waals surface area contributed by atoms with Crippen LogP contribution in [0.25, 0.3) is 0 Å². The fourth-order valence-electron chi connectivity index (χ4n) is 1.24. The third kappa shape index (κ3) is 5.71. The summed E-state index contributed by atoms with van der Waals surface area (Å²) >= 11 is 0. The molecule has 0 aliphatic carbocycles. The van der Waals surface area contributed by atoms with Gasteiger partial charge in [0, 0.05) is 5.92 Å². The highest BCUT2D eigenvalue weighted by Crippen LogP contribution is 2.04. The van der Waals surface area contributed by atoms with Crippen molar-refractivity contribution in [1.82, 2.24) is 4.90 Å². The number of rotatable bonds is 5. The van der Waals surface area contributed by atoms with Gasteiger partial charge in [-0.05, 0) is 25.9 Å². The Morgan fingerprint density at radius 2 is 1.54 bits per heavy atom. The average molecular weight is 181 g/mol. The maximum Gasteiger partial charge on any atom is 0.0601 e. The summed E-state index contributed by atoms with van der Waals surface area (Å²) in [5.74, 6) is 7.20. The Hall–Kier alpha value is -0.480. The molecule has 0 saturated carbocycles. The summed E-state index contributed by atoms with van der Waals surface area (Å²) in [7, 11) is 0. The van der Waals surface area contributed by atoms with Crippen LogP contribution in [0.4, 0.5) is 0 Å². The predicted octanol–water partition coefficient (Wildman–Crippen LogP) is 2.77. The van der Waals surface area contributed by atoms with Gasteiger partial charge in [0.05, 0.1) is 6.54 Å². The first kappa shape index (κ1) is 12.5. The normalized spacial score (nSPS) is 10.3. The molecule has 0 aromatic rings. The van der Waals surface area contributed by atoms with Crippen LogP contribution in [0.3, 0.4) is 0 Å². The van der Waals surface area contributed by atoms with Gasteiger partial charge in [0.15, 0.2) is 0 Å². The van der Waals surface area contributed by atoms with Gasteiger partial charge in [-0.3, -0.25) is 4.90 Å². The molecule has 13 heavy (non-hydrogen) atoms. The van der Waals surface area contributed by atoms with Gasteiger partial charge in [0.1, 0.15) is 0 Å². The van der Waals surface area contributed by atoms with Gasteiger partial charge in [-0.25, -0.2) is 0 Å². The molecule has 0 rings (SSSR count). The summed E-state index contributed by atoms with van der Waals surface area (Å²) in [5, 5.41) is 0. The highest BCUT2D eigenvalue weighted by molar-refractivity contribution is 5.04. The minimum absolute atomic E-state index is 0.607. The molecule has 1 nitrogen and oxygen atoms in total. The van der Waals surface area contributed by atoms with E-state index in [0.717, 1.165) is 19.6 Å². The Balaban J connectivity index is 3.81. The van der Waals surface area contributed by atoms with E-state index in [1.54, 1.807) is 0 Å². The van der Waals surface area contributed by atoms with Crippen LogP contribution in [0.2, 0.25) is 0 Å². The second kappa shape index (κ2) is 8.13. The van der Waals surface area contributed by atoms with E-state index < -0.39 is 0 Å². The van der Waals surface area contributed by atoms with Crippen LogP contribution in [0, 0.1) is 17.8 Å². The standard InChI is InChI=1S/C12H23N/c1-5-12(6-2)10-9-11-13(7-3)8-4/h12H,5-8,11H2,1-4H3. The SMILES string of the molecule is CCC(C#CCN(CC)CC)CC. The second-order valence-corrected chi connectivity index (χ2v) is 3.30. The predicted molar refractivity (Wildman–Crippen MR) is 59.6 cm³/mol. The van der Waals surface area contributed by atoms with Crippen LogP contribution in [-0.4, -0.2) is 24.5 Å². The van der Waals surface area contributed by atoms with Crippen molar-refractivity contribution < 1.29 is 0 Å². The van der Waals surface area contributed by atoms with Crippen molar-refractivity contribution in [2.45, 2.75) is 40.5 Å². The summed E-state index contributed by atoms with van der Waals surface area (Å²) in [4.78, 5) is 2.34. The van der Waals surface area contributed by atoms with Gasteiger partial charge in [-0.1, -0.05) is 39.5 Å². The van der Waals surface area contributed by atoms with E-state index in [4.69, 9.17) is 0 Å². The van der Waals surface area contributed by atoms with E-state index >= 15 is 0 Å². The third-order valence-electron chi connectivity index (χ3n) is 2.49. The fraction of sp³-hybridized carbons (Fsp3) is 0.833. The molecule has 1 heteroatoms. The second-order valence-electron chi connectivity index (χ2n) is 3.30. The van der Waals surface area contributed by atoms with E-state index in [0.29, 0.717) is 5.92 Å². The van der Waals surface area contributed by atoms with Crippen LogP contribution in [0.1, 0.15) is 40.5 Å². The maximum atomic E-state index is 3.33. The zero-order valence-corrected chi connectivity index (χ0v) is 9.56. The minimum Gasteiger partial charge on any atom is -0.293 e. The van der Waals surface area contributed by atoms with Gasteiger partial charge in [0.25, 0.3) is 0 Å². The Morgan fingerprint density at radius 3 is 1.92 bits per heavy atom. The Morgan fingerprint density at radius 1 is 1.00 bits per heavy atom. The Labute approximate surface area is 83.5 Å². The van der Waals surface area contributed by atoms with Gasteiger partial charge in [-0.2, -0.15) is 0 Å². The molecule has 0 aliphatic heterocycles. The van der Waals surface area contributed by atoms with Crippen molar-refractivity contribution in [3.63, 3.8) is 0 Å². The molecular formula is C12H23N. The van der Waals surface area contributed by atoms with Crippen LogP contribution in [-0.2, 0) is 0 Å². The summed E-state index contributed by atoms with van der Waals surface area (Å²) in [6, 6.07) is 0. The first-order valence-corrected chi connectivity index (χ1v) is 5.49. The molecule has 0 aromatic carbocycles. The molecule has 0 unspecified atom stereocenters. The average Bonchev–Trinajstić information content (AvgIpc) is 2.19. The van der Waals surface area contributed by atoms with Gasteiger partial charge in [-0.15, -0.1) is 0 Å². The van der Waals surface area contributed by atoms with Crippen molar-refractivity contribution in [3.8, 4) is 11.8 Å². The first-order valence-electron chi connectivity index (χ1n) is 5.49. The summed E-state index contributed by atoms with van der Waals surface area (Å²) in [6.45, 7) is 11.9. The summed E-state index contributed by atoms with van der Waals surface area (Å²) in [6.07, 6.45) is 2.36. The minimum atomic E-state index is 0.607. The fourth-order valence-corrected chi connectivity index (χ4v) is 1.24. The van der Waals surface area contributed by atoms with Crippen molar-refractivity contribution in [1.29, 1.82) is 0 Å². The monoisotopic (exact) mass is 181 g/mol. The highest BCUT2D eigenvalue weighted by atomic mass is 15.1.